The summed E-state index contributed by atoms with van der Waals surface area (Å²) in [5.41, 5.74) is 1.16. The highest BCUT2D eigenvalue weighted by molar-refractivity contribution is 5.80. The Morgan fingerprint density at radius 3 is 2.84 bits per heavy atom. The van der Waals surface area contributed by atoms with Gasteiger partial charge in [-0.15, -0.1) is 0 Å². The summed E-state index contributed by atoms with van der Waals surface area (Å²) < 4.78 is 1.82. The number of rotatable bonds is 3. The molecule has 2 saturated heterocycles. The van der Waals surface area contributed by atoms with E-state index in [1.165, 1.54) is 0 Å². The minimum Gasteiger partial charge on any atom is -0.356 e. The first-order chi connectivity index (χ1) is 12.2. The molecule has 0 bridgehead atoms. The van der Waals surface area contributed by atoms with Gasteiger partial charge in [-0.05, 0) is 37.8 Å². The molecule has 2 aliphatic rings. The minimum absolute atomic E-state index is 0.0630. The third-order valence-electron chi connectivity index (χ3n) is 5.39. The van der Waals surface area contributed by atoms with Gasteiger partial charge in [0.1, 0.15) is 5.82 Å². The molecule has 0 spiro atoms. The number of aromatic nitrogens is 3. The molecule has 25 heavy (non-hydrogen) atoms. The Hall–Kier alpha value is -2.37. The predicted octanol–water partition coefficient (Wildman–Crippen LogP) is 2.40. The van der Waals surface area contributed by atoms with Crippen LogP contribution in [0.15, 0.2) is 36.8 Å². The Labute approximate surface area is 148 Å². The molecule has 2 aliphatic heterocycles. The largest absolute Gasteiger partial charge is 0.356 e. The smallest absolute Gasteiger partial charge is 0.227 e. The van der Waals surface area contributed by atoms with Gasteiger partial charge in [-0.25, -0.2) is 4.98 Å². The molecule has 0 aliphatic carbocycles. The summed E-state index contributed by atoms with van der Waals surface area (Å²) in [5, 5.41) is 4.28. The van der Waals surface area contributed by atoms with E-state index in [0.29, 0.717) is 5.91 Å². The van der Waals surface area contributed by atoms with Crippen molar-refractivity contribution in [2.75, 3.05) is 24.5 Å². The van der Waals surface area contributed by atoms with E-state index >= 15 is 0 Å². The zero-order valence-corrected chi connectivity index (χ0v) is 14.7. The van der Waals surface area contributed by atoms with Crippen molar-refractivity contribution < 1.29 is 4.79 Å². The van der Waals surface area contributed by atoms with Crippen molar-refractivity contribution in [3.8, 4) is 0 Å². The van der Waals surface area contributed by atoms with Crippen molar-refractivity contribution in [2.24, 2.45) is 13.0 Å². The van der Waals surface area contributed by atoms with E-state index in [0.717, 1.165) is 56.7 Å². The molecule has 6 nitrogen and oxygen atoms in total. The maximum atomic E-state index is 13.2. The summed E-state index contributed by atoms with van der Waals surface area (Å²) in [6.45, 7) is 2.61. The lowest BCUT2D eigenvalue weighted by Crippen LogP contribution is -2.45. The molecule has 0 radical (unpaired) electrons. The van der Waals surface area contributed by atoms with Crippen LogP contribution in [0, 0.1) is 5.92 Å². The van der Waals surface area contributed by atoms with Crippen LogP contribution >= 0.6 is 0 Å². The number of hydrogen-bond acceptors (Lipinski definition) is 4. The first-order valence-corrected chi connectivity index (χ1v) is 9.17. The first-order valence-electron chi connectivity index (χ1n) is 9.17. The van der Waals surface area contributed by atoms with Crippen LogP contribution in [0.5, 0.6) is 0 Å². The number of carbonyl (C=O) groups excluding carboxylic acids is 1. The number of anilines is 1. The van der Waals surface area contributed by atoms with E-state index in [4.69, 9.17) is 0 Å². The van der Waals surface area contributed by atoms with Crippen LogP contribution < -0.4 is 4.90 Å². The van der Waals surface area contributed by atoms with Gasteiger partial charge in [0.25, 0.3) is 0 Å². The molecule has 1 amide bonds. The molecular formula is C19H25N5O. The van der Waals surface area contributed by atoms with Gasteiger partial charge in [-0.1, -0.05) is 6.07 Å². The average Bonchev–Trinajstić information content (AvgIpc) is 3.30. The molecule has 2 atom stereocenters. The first kappa shape index (κ1) is 16.1. The quantitative estimate of drug-likeness (QED) is 0.862. The zero-order chi connectivity index (χ0) is 17.2. The van der Waals surface area contributed by atoms with E-state index in [1.807, 2.05) is 48.5 Å². The summed E-state index contributed by atoms with van der Waals surface area (Å²) in [6, 6.07) is 6.15. The second kappa shape index (κ2) is 6.86. The Morgan fingerprint density at radius 1 is 1.20 bits per heavy atom. The average molecular weight is 339 g/mol. The van der Waals surface area contributed by atoms with Gasteiger partial charge in [0.2, 0.25) is 5.91 Å². The van der Waals surface area contributed by atoms with Gasteiger partial charge in [0, 0.05) is 44.6 Å². The number of amides is 1. The van der Waals surface area contributed by atoms with Gasteiger partial charge in [0.15, 0.2) is 0 Å². The van der Waals surface area contributed by atoms with Crippen LogP contribution in [0.4, 0.5) is 5.82 Å². The molecule has 4 heterocycles. The second-order valence-electron chi connectivity index (χ2n) is 7.11. The Bertz CT molecular complexity index is 728. The number of aryl methyl sites for hydroxylation is 1. The van der Waals surface area contributed by atoms with Crippen molar-refractivity contribution in [3.05, 3.63) is 42.4 Å². The van der Waals surface area contributed by atoms with Gasteiger partial charge < -0.3 is 9.80 Å². The Morgan fingerprint density at radius 2 is 2.08 bits per heavy atom. The van der Waals surface area contributed by atoms with E-state index < -0.39 is 0 Å². The molecule has 2 fully saturated rings. The summed E-state index contributed by atoms with van der Waals surface area (Å²) in [6.07, 6.45) is 9.88. The molecule has 4 rings (SSSR count). The number of carbonyl (C=O) groups is 1. The van der Waals surface area contributed by atoms with E-state index in [-0.39, 0.29) is 12.0 Å². The van der Waals surface area contributed by atoms with E-state index in [1.54, 1.807) is 0 Å². The molecule has 2 aromatic heterocycles. The van der Waals surface area contributed by atoms with Crippen LogP contribution in [0.1, 0.15) is 37.3 Å². The number of piperidine rings is 1. The predicted molar refractivity (Wildman–Crippen MR) is 96.1 cm³/mol. The highest BCUT2D eigenvalue weighted by Gasteiger charge is 2.36. The van der Waals surface area contributed by atoms with Gasteiger partial charge in [0.05, 0.1) is 18.2 Å². The molecule has 0 N–H and O–H groups in total. The molecule has 0 unspecified atom stereocenters. The van der Waals surface area contributed by atoms with Gasteiger partial charge >= 0.3 is 0 Å². The SMILES string of the molecule is Cn1cc([C@@H]2CCCN2C(=O)[C@H]2CCCN(c3ccccn3)C2)cn1. The topological polar surface area (TPSA) is 54.3 Å². The highest BCUT2D eigenvalue weighted by Crippen LogP contribution is 2.34. The molecular weight excluding hydrogens is 314 g/mol. The summed E-state index contributed by atoms with van der Waals surface area (Å²) in [5.74, 6) is 1.34. The van der Waals surface area contributed by atoms with Crippen LogP contribution in [0.25, 0.3) is 0 Å². The van der Waals surface area contributed by atoms with Crippen LogP contribution in [0.3, 0.4) is 0 Å². The van der Waals surface area contributed by atoms with Crippen LogP contribution in [-0.4, -0.2) is 45.2 Å². The standard InChI is InChI=1S/C19H25N5O/c1-22-13-16(12-21-22)17-7-5-11-24(17)19(25)15-6-4-10-23(14-15)18-8-2-3-9-20-18/h2-3,8-9,12-13,15,17H,4-7,10-11,14H2,1H3/t15-,17-/m0/s1. The van der Waals surface area contributed by atoms with Crippen LogP contribution in [0.2, 0.25) is 0 Å². The lowest BCUT2D eigenvalue weighted by molar-refractivity contribution is -0.136. The minimum atomic E-state index is 0.0630. The van der Waals surface area contributed by atoms with Crippen molar-refractivity contribution in [3.63, 3.8) is 0 Å². The maximum absolute atomic E-state index is 13.2. The summed E-state index contributed by atoms with van der Waals surface area (Å²) >= 11 is 0. The fraction of sp³-hybridized carbons (Fsp3) is 0.526. The van der Waals surface area contributed by atoms with Crippen molar-refractivity contribution in [1.29, 1.82) is 0 Å². The Kier molecular flexibility index (Phi) is 4.42. The fourth-order valence-corrected chi connectivity index (χ4v) is 4.15. The number of nitrogens with zero attached hydrogens (tertiary/aromatic N) is 5. The highest BCUT2D eigenvalue weighted by atomic mass is 16.2. The van der Waals surface area contributed by atoms with Crippen molar-refractivity contribution in [1.82, 2.24) is 19.7 Å². The molecule has 6 heteroatoms. The van der Waals surface area contributed by atoms with Gasteiger partial charge in [-0.2, -0.15) is 5.10 Å². The molecule has 2 aromatic rings. The lowest BCUT2D eigenvalue weighted by Gasteiger charge is -2.36. The Balaban J connectivity index is 1.48. The zero-order valence-electron chi connectivity index (χ0n) is 14.7. The van der Waals surface area contributed by atoms with Crippen LogP contribution in [-0.2, 0) is 11.8 Å². The summed E-state index contributed by atoms with van der Waals surface area (Å²) in [4.78, 5) is 22.0. The van der Waals surface area contributed by atoms with E-state index in [9.17, 15) is 4.79 Å². The molecule has 0 aromatic carbocycles. The van der Waals surface area contributed by atoms with Gasteiger partial charge in [-0.3, -0.25) is 9.48 Å². The summed E-state index contributed by atoms with van der Waals surface area (Å²) in [7, 11) is 1.93. The van der Waals surface area contributed by atoms with Crippen molar-refractivity contribution in [2.45, 2.75) is 31.7 Å². The van der Waals surface area contributed by atoms with E-state index in [2.05, 4.69) is 19.9 Å². The second-order valence-corrected chi connectivity index (χ2v) is 7.11. The monoisotopic (exact) mass is 339 g/mol. The third kappa shape index (κ3) is 3.25. The number of hydrogen-bond donors (Lipinski definition) is 0. The fourth-order valence-electron chi connectivity index (χ4n) is 4.15. The molecule has 132 valence electrons. The lowest BCUT2D eigenvalue weighted by atomic mass is 9.95. The van der Waals surface area contributed by atoms with Crippen molar-refractivity contribution >= 4 is 11.7 Å². The normalized spacial score (nSPS) is 23.9. The molecule has 0 saturated carbocycles. The number of likely N-dealkylation sites (tertiary alicyclic amines) is 1. The maximum Gasteiger partial charge on any atom is 0.227 e. The number of pyridine rings is 1. The third-order valence-corrected chi connectivity index (χ3v) is 5.39.